The van der Waals surface area contributed by atoms with E-state index < -0.39 is 41.2 Å². The number of ether oxygens (including phenoxy) is 1. The molecule has 0 radical (unpaired) electrons. The third-order valence-corrected chi connectivity index (χ3v) is 6.21. The van der Waals surface area contributed by atoms with Crippen molar-refractivity contribution in [3.8, 4) is 17.0 Å². The standard InChI is InChI=1S/C26H23F4N5O4.2HI.V/c1-13(8-23(36)37)33(2)26(38)19-11-21-31-18(14-9-16(28)24(30)17(29)10-14)12-22(35(21)32-19)34(3)25-15(27)6-5-7-20(25)39-4;;;/h5-7,9-13H,8H2,1-4H3,(H,36,37);2*1H;/q;;;+2/p-2/t13-;;;/m1.../s1. The molecule has 0 saturated heterocycles. The van der Waals surface area contributed by atoms with Gasteiger partial charge in [0.25, 0.3) is 5.91 Å². The molecule has 2 aromatic heterocycles. The number of benzene rings is 2. The van der Waals surface area contributed by atoms with Crippen LogP contribution in [0.15, 0.2) is 42.5 Å². The van der Waals surface area contributed by atoms with Gasteiger partial charge in [-0.15, -0.1) is 0 Å². The zero-order valence-corrected chi connectivity index (χ0v) is 28.2. The zero-order chi connectivity index (χ0) is 31.3. The molecule has 1 amide bonds. The van der Waals surface area contributed by atoms with Crippen LogP contribution in [0.4, 0.5) is 29.1 Å². The molecular weight excluding hydrogens is 827 g/mol. The number of carboxylic acids is 1. The van der Waals surface area contributed by atoms with Crippen LogP contribution < -0.4 is 9.64 Å². The maximum absolute atomic E-state index is 15.0. The summed E-state index contributed by atoms with van der Waals surface area (Å²) in [7, 11) is 4.88. The molecule has 0 bridgehead atoms. The average molecular weight is 850 g/mol. The van der Waals surface area contributed by atoms with Crippen LogP contribution >= 0.6 is 40.0 Å². The Hall–Kier alpha value is -2.64. The number of amides is 1. The molecule has 9 nitrogen and oxygen atoms in total. The van der Waals surface area contributed by atoms with Gasteiger partial charge in [-0.25, -0.2) is 22.5 Å². The first-order valence-corrected chi connectivity index (χ1v) is 20.9. The van der Waals surface area contributed by atoms with Crippen molar-refractivity contribution in [2.45, 2.75) is 19.4 Å². The molecule has 223 valence electrons. The minimum atomic E-state index is -1.65. The second-order valence-electron chi connectivity index (χ2n) is 8.83. The van der Waals surface area contributed by atoms with Crippen LogP contribution in [-0.4, -0.2) is 63.7 Å². The molecule has 4 rings (SSSR count). The van der Waals surface area contributed by atoms with Gasteiger partial charge in [-0.1, -0.05) is 6.07 Å². The SMILES string of the molecule is COc1cccc(F)c1N(C)c1cc(-c2cc(F)c(F)c(F)c2)nc2cc(C(=O)N(C)[C@H](C)CC(=O)O)nn12.[I][V][I]. The van der Waals surface area contributed by atoms with Crippen LogP contribution in [0, 0.1) is 23.3 Å². The van der Waals surface area contributed by atoms with Gasteiger partial charge in [0, 0.05) is 37.8 Å². The van der Waals surface area contributed by atoms with E-state index in [4.69, 9.17) is 9.84 Å². The normalized spacial score (nSPS) is 11.4. The van der Waals surface area contributed by atoms with E-state index in [1.54, 1.807) is 6.92 Å². The molecule has 1 N–H and O–H groups in total. The van der Waals surface area contributed by atoms with Crippen LogP contribution in [0.1, 0.15) is 23.8 Å². The van der Waals surface area contributed by atoms with E-state index >= 15 is 0 Å². The van der Waals surface area contributed by atoms with Crippen LogP contribution in [-0.2, 0) is 14.3 Å². The molecule has 2 aromatic carbocycles. The number of hydrogen-bond donors (Lipinski definition) is 1. The number of carboxylic acid groups (broad SMARTS) is 1. The first-order chi connectivity index (χ1) is 19.8. The number of halogens is 6. The van der Waals surface area contributed by atoms with Crippen LogP contribution in [0.25, 0.3) is 16.9 Å². The van der Waals surface area contributed by atoms with E-state index in [2.05, 4.69) is 50.0 Å². The summed E-state index contributed by atoms with van der Waals surface area (Å²) in [5.74, 6) is -6.61. The fraction of sp³-hybridized carbons (Fsp3) is 0.231. The quantitative estimate of drug-likeness (QED) is 0.124. The first-order valence-electron chi connectivity index (χ1n) is 11.9. The van der Waals surface area contributed by atoms with Crippen molar-refractivity contribution in [1.82, 2.24) is 19.5 Å². The summed E-state index contributed by atoms with van der Waals surface area (Å²) in [4.78, 5) is 31.1. The van der Waals surface area contributed by atoms with E-state index in [0.717, 1.165) is 12.1 Å². The zero-order valence-electron chi connectivity index (χ0n) is 22.4. The molecule has 0 saturated carbocycles. The van der Waals surface area contributed by atoms with E-state index in [1.165, 1.54) is 65.9 Å². The Bertz CT molecular complexity index is 1600. The topological polar surface area (TPSA) is 100 Å². The molecule has 42 heavy (non-hydrogen) atoms. The number of methoxy groups -OCH3 is 1. The monoisotopic (exact) mass is 850 g/mol. The Labute approximate surface area is 267 Å². The number of aromatic nitrogens is 3. The molecule has 0 aliphatic heterocycles. The first kappa shape index (κ1) is 33.9. The van der Waals surface area contributed by atoms with E-state index in [9.17, 15) is 27.2 Å². The van der Waals surface area contributed by atoms with E-state index in [1.807, 2.05) is 0 Å². The molecule has 0 unspecified atom stereocenters. The third-order valence-electron chi connectivity index (χ3n) is 6.21. The Balaban J connectivity index is 0.00000155. The van der Waals surface area contributed by atoms with Crippen molar-refractivity contribution < 1.29 is 46.5 Å². The summed E-state index contributed by atoms with van der Waals surface area (Å²) in [6.45, 7) is 1.56. The number of aliphatic carboxylic acids is 1. The number of carbonyl (C=O) groups is 2. The van der Waals surface area contributed by atoms with Gasteiger partial charge >= 0.3 is 55.4 Å². The van der Waals surface area contributed by atoms with Gasteiger partial charge in [-0.2, -0.15) is 9.61 Å². The molecule has 0 spiro atoms. The molecule has 0 fully saturated rings. The fourth-order valence-electron chi connectivity index (χ4n) is 4.02. The number of fused-ring (bicyclic) bond motifs is 1. The third kappa shape index (κ3) is 7.46. The van der Waals surface area contributed by atoms with Gasteiger partial charge in [0.2, 0.25) is 0 Å². The summed E-state index contributed by atoms with van der Waals surface area (Å²) in [6.07, 6.45) is -0.305. The van der Waals surface area contributed by atoms with E-state index in [0.29, 0.717) is 9.47 Å². The summed E-state index contributed by atoms with van der Waals surface area (Å²) >= 11 is 4.74. The van der Waals surface area contributed by atoms with Gasteiger partial charge in [0.15, 0.2) is 34.6 Å². The summed E-state index contributed by atoms with van der Waals surface area (Å²) in [5, 5.41) is 13.4. The summed E-state index contributed by atoms with van der Waals surface area (Å²) in [6, 6.07) is 7.65. The second-order valence-corrected chi connectivity index (χ2v) is 20.6. The van der Waals surface area contributed by atoms with Gasteiger partial charge in [-0.05, 0) is 31.2 Å². The Morgan fingerprint density at radius 3 is 2.26 bits per heavy atom. The average Bonchev–Trinajstić information content (AvgIpc) is 3.38. The van der Waals surface area contributed by atoms with Crippen molar-refractivity contribution in [3.05, 3.63) is 71.4 Å². The molecule has 0 aliphatic rings. The van der Waals surface area contributed by atoms with Crippen LogP contribution in [0.2, 0.25) is 0 Å². The predicted molar refractivity (Wildman–Crippen MR) is 161 cm³/mol. The summed E-state index contributed by atoms with van der Waals surface area (Å²) < 4.78 is 63.2. The number of nitrogens with zero attached hydrogens (tertiary/aromatic N) is 5. The summed E-state index contributed by atoms with van der Waals surface area (Å²) in [5.41, 5.74) is -0.233. The van der Waals surface area contributed by atoms with Gasteiger partial charge in [0.1, 0.15) is 17.3 Å². The van der Waals surface area contributed by atoms with Crippen LogP contribution in [0.5, 0.6) is 5.75 Å². The van der Waals surface area contributed by atoms with Crippen molar-refractivity contribution in [2.75, 3.05) is 26.1 Å². The van der Waals surface area contributed by atoms with Crippen molar-refractivity contribution in [2.24, 2.45) is 0 Å². The Morgan fingerprint density at radius 1 is 1.07 bits per heavy atom. The minimum absolute atomic E-state index is 0.00880. The van der Waals surface area contributed by atoms with Gasteiger partial charge in [0.05, 0.1) is 19.2 Å². The molecular formula is C26H23F4I2N5O4V. The maximum atomic E-state index is 15.0. The Kier molecular flexibility index (Phi) is 11.9. The van der Waals surface area contributed by atoms with Crippen molar-refractivity contribution in [1.29, 1.82) is 0 Å². The number of para-hydroxylation sites is 1. The van der Waals surface area contributed by atoms with Gasteiger partial charge in [-0.3, -0.25) is 9.59 Å². The molecule has 4 aromatic rings. The van der Waals surface area contributed by atoms with Crippen LogP contribution in [0.3, 0.4) is 0 Å². The molecule has 0 aliphatic carbocycles. The molecule has 1 atom stereocenters. The van der Waals surface area contributed by atoms with E-state index in [-0.39, 0.29) is 46.3 Å². The number of rotatable bonds is 8. The molecule has 16 heteroatoms. The predicted octanol–water partition coefficient (Wildman–Crippen LogP) is 6.43. The fourth-order valence-corrected chi connectivity index (χ4v) is 4.02. The van der Waals surface area contributed by atoms with Crippen molar-refractivity contribution in [3.63, 3.8) is 0 Å². The van der Waals surface area contributed by atoms with Crippen molar-refractivity contribution >= 4 is 69.0 Å². The number of carbonyl (C=O) groups excluding carboxylic acids is 1. The van der Waals surface area contributed by atoms with Gasteiger partial charge < -0.3 is 19.6 Å². The number of hydrogen-bond acceptors (Lipinski definition) is 6. The second kappa shape index (κ2) is 14.7. The Morgan fingerprint density at radius 2 is 1.69 bits per heavy atom. The molecule has 2 heterocycles. The number of anilines is 2.